The third-order valence-corrected chi connectivity index (χ3v) is 7.94. The van der Waals surface area contributed by atoms with Gasteiger partial charge >= 0.3 is 0 Å². The van der Waals surface area contributed by atoms with Crippen LogP contribution in [0.1, 0.15) is 26.0 Å². The van der Waals surface area contributed by atoms with Crippen molar-refractivity contribution < 1.29 is 13.2 Å². The first kappa shape index (κ1) is 24.2. The quantitative estimate of drug-likeness (QED) is 0.483. The van der Waals surface area contributed by atoms with Gasteiger partial charge in [0.25, 0.3) is 5.56 Å². The fraction of sp³-hybridized carbons (Fsp3) is 0.500. The number of likely N-dealkylation sites (N-methyl/N-ethyl adjacent to an activating group) is 1. The minimum atomic E-state index is -3.75. The fourth-order valence-electron chi connectivity index (χ4n) is 4.27. The first-order valence-electron chi connectivity index (χ1n) is 11.4. The van der Waals surface area contributed by atoms with E-state index in [-0.39, 0.29) is 10.7 Å². The molecule has 11 nitrogen and oxygen atoms in total. The Morgan fingerprint density at radius 3 is 2.44 bits per heavy atom. The molecular formula is C22H31N7O4S. The summed E-state index contributed by atoms with van der Waals surface area (Å²) in [6, 6.07) is 4.60. The monoisotopic (exact) mass is 489 g/mol. The van der Waals surface area contributed by atoms with Gasteiger partial charge in [0.1, 0.15) is 11.3 Å². The molecule has 2 aromatic heterocycles. The molecule has 0 atom stereocenters. The van der Waals surface area contributed by atoms with Gasteiger partial charge in [0.05, 0.1) is 22.8 Å². The number of aromatic nitrogens is 4. The Hall–Kier alpha value is -2.96. The Labute approximate surface area is 198 Å². The molecule has 184 valence electrons. The second kappa shape index (κ2) is 9.35. The fourth-order valence-corrected chi connectivity index (χ4v) is 5.72. The predicted molar refractivity (Wildman–Crippen MR) is 130 cm³/mol. The topological polar surface area (TPSA) is 129 Å². The van der Waals surface area contributed by atoms with Gasteiger partial charge in [0.2, 0.25) is 10.0 Å². The largest absolute Gasteiger partial charge is 0.493 e. The van der Waals surface area contributed by atoms with Gasteiger partial charge in [-0.1, -0.05) is 13.3 Å². The molecule has 12 heteroatoms. The van der Waals surface area contributed by atoms with Crippen molar-refractivity contribution in [3.63, 3.8) is 0 Å². The number of hydrogen-bond donors (Lipinski definition) is 1. The molecule has 0 aliphatic carbocycles. The normalized spacial score (nSPS) is 15.8. The van der Waals surface area contributed by atoms with E-state index in [0.717, 1.165) is 6.42 Å². The van der Waals surface area contributed by atoms with Crippen molar-refractivity contribution in [1.29, 1.82) is 0 Å². The van der Waals surface area contributed by atoms with Crippen LogP contribution in [-0.2, 0) is 23.5 Å². The second-order valence-corrected chi connectivity index (χ2v) is 10.4. The molecule has 0 bridgehead atoms. The van der Waals surface area contributed by atoms with Crippen molar-refractivity contribution in [1.82, 2.24) is 28.6 Å². The molecule has 2 N–H and O–H groups in total. The van der Waals surface area contributed by atoms with Crippen molar-refractivity contribution in [3.05, 3.63) is 34.2 Å². The van der Waals surface area contributed by atoms with Gasteiger partial charge in [-0.05, 0) is 38.6 Å². The molecule has 1 aliphatic heterocycles. The Kier molecular flexibility index (Phi) is 6.65. The number of ether oxygens (including phenoxy) is 1. The zero-order chi connectivity index (χ0) is 24.6. The second-order valence-electron chi connectivity index (χ2n) is 8.43. The van der Waals surface area contributed by atoms with Crippen LogP contribution in [0.15, 0.2) is 27.9 Å². The minimum Gasteiger partial charge on any atom is -0.493 e. The van der Waals surface area contributed by atoms with Gasteiger partial charge in [0.15, 0.2) is 11.3 Å². The van der Waals surface area contributed by atoms with Crippen LogP contribution < -0.4 is 16.1 Å². The molecular weight excluding hydrogens is 458 g/mol. The summed E-state index contributed by atoms with van der Waals surface area (Å²) >= 11 is 0. The van der Waals surface area contributed by atoms with Gasteiger partial charge in [0, 0.05) is 33.2 Å². The molecule has 1 aromatic carbocycles. The maximum Gasteiger partial charge on any atom is 0.299 e. The lowest BCUT2D eigenvalue weighted by Gasteiger charge is -2.31. The molecule has 1 saturated heterocycles. The summed E-state index contributed by atoms with van der Waals surface area (Å²) in [6.07, 6.45) is 1.45. The number of benzene rings is 1. The van der Waals surface area contributed by atoms with Crippen LogP contribution in [0.2, 0.25) is 0 Å². The number of nitrogen functional groups attached to an aromatic ring is 1. The highest BCUT2D eigenvalue weighted by Gasteiger charge is 2.29. The average molecular weight is 490 g/mol. The smallest absolute Gasteiger partial charge is 0.299 e. The molecule has 0 unspecified atom stereocenters. The SMILES string of the molecule is CCCc1nn(C)c2c(=O)nc(-c3cc(S(=O)(=O)N4CCN(C)CC4)ccc3OCC)n(N)c12. The van der Waals surface area contributed by atoms with E-state index in [9.17, 15) is 13.2 Å². The number of rotatable bonds is 7. The third-order valence-electron chi connectivity index (χ3n) is 6.05. The van der Waals surface area contributed by atoms with E-state index in [1.165, 1.54) is 25.8 Å². The lowest BCUT2D eigenvalue weighted by atomic mass is 10.1. The van der Waals surface area contributed by atoms with Crippen LogP contribution in [0.25, 0.3) is 22.4 Å². The Balaban J connectivity index is 1.91. The van der Waals surface area contributed by atoms with Crippen molar-refractivity contribution >= 4 is 21.1 Å². The summed E-state index contributed by atoms with van der Waals surface area (Å²) in [5, 5.41) is 4.46. The van der Waals surface area contributed by atoms with E-state index in [1.54, 1.807) is 13.1 Å². The molecule has 1 aliphatic rings. The summed E-state index contributed by atoms with van der Waals surface area (Å²) < 4.78 is 36.8. The van der Waals surface area contributed by atoms with Gasteiger partial charge < -0.3 is 15.5 Å². The van der Waals surface area contributed by atoms with Crippen LogP contribution in [0.3, 0.4) is 0 Å². The van der Waals surface area contributed by atoms with Crippen molar-refractivity contribution in [2.75, 3.05) is 45.7 Å². The molecule has 0 radical (unpaired) electrons. The lowest BCUT2D eigenvalue weighted by Crippen LogP contribution is -2.47. The van der Waals surface area contributed by atoms with E-state index in [1.807, 2.05) is 20.9 Å². The van der Waals surface area contributed by atoms with Gasteiger partial charge in [-0.25, -0.2) is 13.1 Å². The van der Waals surface area contributed by atoms with Crippen LogP contribution in [-0.4, -0.2) is 76.9 Å². The summed E-state index contributed by atoms with van der Waals surface area (Å²) in [6.45, 7) is 6.32. The molecule has 0 amide bonds. The maximum absolute atomic E-state index is 13.4. The summed E-state index contributed by atoms with van der Waals surface area (Å²) in [5.74, 6) is 7.01. The summed E-state index contributed by atoms with van der Waals surface area (Å²) in [4.78, 5) is 19.4. The number of piperazine rings is 1. The summed E-state index contributed by atoms with van der Waals surface area (Å²) in [7, 11) is -0.103. The number of fused-ring (bicyclic) bond motifs is 1. The number of hydrogen-bond acceptors (Lipinski definition) is 8. The van der Waals surface area contributed by atoms with Gasteiger partial charge in [-0.2, -0.15) is 14.4 Å². The van der Waals surface area contributed by atoms with E-state index in [0.29, 0.717) is 67.2 Å². The zero-order valence-electron chi connectivity index (χ0n) is 20.0. The van der Waals surface area contributed by atoms with Crippen LogP contribution in [0.4, 0.5) is 0 Å². The van der Waals surface area contributed by atoms with E-state index >= 15 is 0 Å². The van der Waals surface area contributed by atoms with Gasteiger partial charge in [-0.15, -0.1) is 0 Å². The number of sulfonamides is 1. The molecule has 3 heterocycles. The molecule has 4 rings (SSSR count). The maximum atomic E-state index is 13.4. The lowest BCUT2D eigenvalue weighted by molar-refractivity contribution is 0.222. The number of aryl methyl sites for hydroxylation is 2. The standard InChI is InChI=1S/C22H31N7O4S/c1-5-7-17-19-20(27(4)25-17)22(30)24-21(29(19)23)16-14-15(8-9-18(16)33-6-2)34(31,32)28-12-10-26(3)11-13-28/h8-9,14H,5-7,10-13,23H2,1-4H3. The van der Waals surface area contributed by atoms with Crippen molar-refractivity contribution in [2.24, 2.45) is 7.05 Å². The van der Waals surface area contributed by atoms with Crippen molar-refractivity contribution in [2.45, 2.75) is 31.6 Å². The highest BCUT2D eigenvalue weighted by atomic mass is 32.2. The predicted octanol–water partition coefficient (Wildman–Crippen LogP) is 0.798. The van der Waals surface area contributed by atoms with Gasteiger partial charge in [-0.3, -0.25) is 9.48 Å². The molecule has 0 spiro atoms. The average Bonchev–Trinajstić information content (AvgIpc) is 3.14. The number of nitrogens with zero attached hydrogens (tertiary/aromatic N) is 6. The Bertz CT molecular complexity index is 1370. The van der Waals surface area contributed by atoms with E-state index in [2.05, 4.69) is 15.0 Å². The van der Waals surface area contributed by atoms with Crippen LogP contribution >= 0.6 is 0 Å². The molecule has 34 heavy (non-hydrogen) atoms. The number of nitrogens with two attached hydrogens (primary N) is 1. The van der Waals surface area contributed by atoms with E-state index < -0.39 is 15.6 Å². The van der Waals surface area contributed by atoms with Crippen molar-refractivity contribution in [3.8, 4) is 17.1 Å². The zero-order valence-corrected chi connectivity index (χ0v) is 20.8. The first-order valence-corrected chi connectivity index (χ1v) is 12.8. The highest BCUT2D eigenvalue weighted by molar-refractivity contribution is 7.89. The van der Waals surface area contributed by atoms with Crippen LogP contribution in [0.5, 0.6) is 5.75 Å². The van der Waals surface area contributed by atoms with Crippen LogP contribution in [0, 0.1) is 0 Å². The minimum absolute atomic E-state index is 0.102. The highest BCUT2D eigenvalue weighted by Crippen LogP contribution is 2.33. The third kappa shape index (κ3) is 4.17. The molecule has 0 saturated carbocycles. The van der Waals surface area contributed by atoms with E-state index in [4.69, 9.17) is 10.6 Å². The molecule has 1 fully saturated rings. The first-order chi connectivity index (χ1) is 16.2. The molecule has 3 aromatic rings. The Morgan fingerprint density at radius 1 is 1.09 bits per heavy atom. The Morgan fingerprint density at radius 2 is 1.79 bits per heavy atom. The summed E-state index contributed by atoms with van der Waals surface area (Å²) in [5.41, 5.74) is 1.31.